The van der Waals surface area contributed by atoms with Gasteiger partial charge in [0.15, 0.2) is 0 Å². The van der Waals surface area contributed by atoms with E-state index < -0.39 is 11.9 Å². The van der Waals surface area contributed by atoms with Crippen molar-refractivity contribution in [2.75, 3.05) is 5.32 Å². The Labute approximate surface area is 218 Å². The first-order valence-electron chi connectivity index (χ1n) is 10.9. The molecule has 0 aliphatic heterocycles. The van der Waals surface area contributed by atoms with Crippen molar-refractivity contribution >= 4 is 40.8 Å². The molecule has 0 saturated carbocycles. The largest absolute Gasteiger partial charge is 0.489 e. The summed E-state index contributed by atoms with van der Waals surface area (Å²) in [6.45, 7) is 0.400. The van der Waals surface area contributed by atoms with Crippen LogP contribution in [0.5, 0.6) is 11.5 Å². The number of hydrogen-bond donors (Lipinski definition) is 2. The van der Waals surface area contributed by atoms with Gasteiger partial charge < -0.3 is 19.9 Å². The maximum absolute atomic E-state index is 13.0. The minimum atomic E-state index is -1.04. The second kappa shape index (κ2) is 11.6. The Morgan fingerprint density at radius 2 is 1.19 bits per heavy atom. The van der Waals surface area contributed by atoms with Gasteiger partial charge in [0.25, 0.3) is 5.91 Å². The lowest BCUT2D eigenvalue weighted by Crippen LogP contribution is -2.13. The summed E-state index contributed by atoms with van der Waals surface area (Å²) in [6.07, 6.45) is 0. The predicted molar refractivity (Wildman–Crippen MR) is 139 cm³/mol. The van der Waals surface area contributed by atoms with Crippen LogP contribution < -0.4 is 14.8 Å². The third kappa shape index (κ3) is 6.56. The van der Waals surface area contributed by atoms with E-state index in [4.69, 9.17) is 37.8 Å². The molecular formula is C28H21Cl2NO5. The van der Waals surface area contributed by atoms with E-state index in [1.54, 1.807) is 30.3 Å². The fourth-order valence-corrected chi connectivity index (χ4v) is 3.70. The molecule has 0 aromatic heterocycles. The number of carbonyl (C=O) groups is 2. The van der Waals surface area contributed by atoms with Gasteiger partial charge in [0.2, 0.25) is 0 Å². The van der Waals surface area contributed by atoms with Crippen LogP contribution in [0.25, 0.3) is 0 Å². The number of amides is 1. The van der Waals surface area contributed by atoms with Crippen LogP contribution in [0.3, 0.4) is 0 Å². The molecule has 1 amide bonds. The summed E-state index contributed by atoms with van der Waals surface area (Å²) in [6, 6.07) is 25.4. The zero-order valence-corrected chi connectivity index (χ0v) is 20.4. The summed E-state index contributed by atoms with van der Waals surface area (Å²) in [5.41, 5.74) is 2.46. The molecule has 0 bridgehead atoms. The van der Waals surface area contributed by atoms with E-state index in [2.05, 4.69) is 5.32 Å². The average molecular weight is 522 g/mol. The lowest BCUT2D eigenvalue weighted by atomic mass is 10.1. The lowest BCUT2D eigenvalue weighted by Gasteiger charge is -2.14. The van der Waals surface area contributed by atoms with Crippen LogP contribution >= 0.6 is 23.2 Å². The van der Waals surface area contributed by atoms with E-state index in [0.29, 0.717) is 32.8 Å². The molecule has 2 N–H and O–H groups in total. The summed E-state index contributed by atoms with van der Waals surface area (Å²) in [5, 5.41) is 13.0. The first-order chi connectivity index (χ1) is 17.4. The molecule has 0 unspecified atom stereocenters. The number of carbonyl (C=O) groups excluding carboxylic acids is 1. The SMILES string of the molecule is O=C(O)c1ccc(NC(=O)c2cc(OCc3ccccc3Cl)cc(OCc3ccccc3Cl)c2)cc1. The fraction of sp³-hybridized carbons (Fsp3) is 0.0714. The second-order valence-corrected chi connectivity index (χ2v) is 8.60. The second-order valence-electron chi connectivity index (χ2n) is 7.79. The monoisotopic (exact) mass is 521 g/mol. The molecular weight excluding hydrogens is 501 g/mol. The minimum absolute atomic E-state index is 0.123. The molecule has 0 atom stereocenters. The lowest BCUT2D eigenvalue weighted by molar-refractivity contribution is 0.0696. The van der Waals surface area contributed by atoms with Gasteiger partial charge in [-0.3, -0.25) is 4.79 Å². The van der Waals surface area contributed by atoms with Crippen LogP contribution in [0.4, 0.5) is 5.69 Å². The zero-order valence-electron chi connectivity index (χ0n) is 18.9. The van der Waals surface area contributed by atoms with Crippen molar-refractivity contribution in [1.29, 1.82) is 0 Å². The molecule has 0 saturated heterocycles. The molecule has 0 fully saturated rings. The van der Waals surface area contributed by atoms with Crippen LogP contribution in [0.2, 0.25) is 10.0 Å². The number of carboxylic acid groups (broad SMARTS) is 1. The molecule has 4 aromatic carbocycles. The molecule has 4 rings (SSSR count). The third-order valence-corrected chi connectivity index (χ3v) is 5.97. The molecule has 6 nitrogen and oxygen atoms in total. The molecule has 8 heteroatoms. The first kappa shape index (κ1) is 25.1. The molecule has 0 aliphatic rings. The molecule has 4 aromatic rings. The third-order valence-electron chi connectivity index (χ3n) is 5.24. The van der Waals surface area contributed by atoms with E-state index >= 15 is 0 Å². The summed E-state index contributed by atoms with van der Waals surface area (Å²) in [4.78, 5) is 24.1. The zero-order chi connectivity index (χ0) is 25.5. The van der Waals surface area contributed by atoms with E-state index in [1.807, 2.05) is 36.4 Å². The molecule has 36 heavy (non-hydrogen) atoms. The number of nitrogens with one attached hydrogen (secondary N) is 1. The van der Waals surface area contributed by atoms with Crippen molar-refractivity contribution in [1.82, 2.24) is 0 Å². The van der Waals surface area contributed by atoms with Gasteiger partial charge >= 0.3 is 5.97 Å². The van der Waals surface area contributed by atoms with Crippen molar-refractivity contribution in [3.05, 3.63) is 123 Å². The smallest absolute Gasteiger partial charge is 0.335 e. The highest BCUT2D eigenvalue weighted by Crippen LogP contribution is 2.27. The van der Waals surface area contributed by atoms with Crippen LogP contribution in [-0.2, 0) is 13.2 Å². The number of ether oxygens (including phenoxy) is 2. The van der Waals surface area contributed by atoms with Crippen molar-refractivity contribution in [3.63, 3.8) is 0 Å². The molecule has 182 valence electrons. The van der Waals surface area contributed by atoms with Crippen LogP contribution in [-0.4, -0.2) is 17.0 Å². The van der Waals surface area contributed by atoms with E-state index in [9.17, 15) is 9.59 Å². The minimum Gasteiger partial charge on any atom is -0.489 e. The van der Waals surface area contributed by atoms with Gasteiger partial charge in [0.05, 0.1) is 5.56 Å². The predicted octanol–water partition coefficient (Wildman–Crippen LogP) is 7.10. The van der Waals surface area contributed by atoms with E-state index in [0.717, 1.165) is 11.1 Å². The van der Waals surface area contributed by atoms with E-state index in [1.165, 1.54) is 24.3 Å². The fourth-order valence-electron chi connectivity index (χ4n) is 3.32. The van der Waals surface area contributed by atoms with Crippen LogP contribution in [0.15, 0.2) is 91.0 Å². The Kier molecular flexibility index (Phi) is 8.10. The molecule has 0 heterocycles. The van der Waals surface area contributed by atoms with Crippen molar-refractivity contribution in [3.8, 4) is 11.5 Å². The molecule has 0 aliphatic carbocycles. The van der Waals surface area contributed by atoms with Crippen LogP contribution in [0.1, 0.15) is 31.8 Å². The Balaban J connectivity index is 1.56. The Morgan fingerprint density at radius 1 is 0.694 bits per heavy atom. The normalized spacial score (nSPS) is 10.5. The van der Waals surface area contributed by atoms with E-state index in [-0.39, 0.29) is 18.8 Å². The number of aromatic carboxylic acids is 1. The number of benzene rings is 4. The average Bonchev–Trinajstić information content (AvgIpc) is 2.88. The number of anilines is 1. The van der Waals surface area contributed by atoms with Crippen LogP contribution in [0, 0.1) is 0 Å². The van der Waals surface area contributed by atoms with Crippen molar-refractivity contribution < 1.29 is 24.2 Å². The Bertz CT molecular complexity index is 1320. The highest BCUT2D eigenvalue weighted by molar-refractivity contribution is 6.31. The number of halogens is 2. The highest BCUT2D eigenvalue weighted by Gasteiger charge is 2.13. The van der Waals surface area contributed by atoms with Gasteiger partial charge in [-0.1, -0.05) is 59.6 Å². The van der Waals surface area contributed by atoms with Gasteiger partial charge in [-0.25, -0.2) is 4.79 Å². The maximum atomic E-state index is 13.0. The van der Waals surface area contributed by atoms with Crippen molar-refractivity contribution in [2.24, 2.45) is 0 Å². The van der Waals surface area contributed by atoms with Gasteiger partial charge in [0.1, 0.15) is 24.7 Å². The Hall–Kier alpha value is -4.00. The summed E-state index contributed by atoms with van der Waals surface area (Å²) >= 11 is 12.5. The summed E-state index contributed by atoms with van der Waals surface area (Å²) < 4.78 is 11.9. The maximum Gasteiger partial charge on any atom is 0.335 e. The summed E-state index contributed by atoms with van der Waals surface area (Å²) in [7, 11) is 0. The topological polar surface area (TPSA) is 84.9 Å². The van der Waals surface area contributed by atoms with Gasteiger partial charge in [-0.15, -0.1) is 0 Å². The number of rotatable bonds is 9. The number of carboxylic acids is 1. The quantitative estimate of drug-likeness (QED) is 0.245. The standard InChI is InChI=1S/C28H21Cl2NO5/c29-25-7-3-1-5-19(25)16-35-23-13-21(27(32)31-22-11-9-18(10-12-22)28(33)34)14-24(15-23)36-17-20-6-2-4-8-26(20)30/h1-15H,16-17H2,(H,31,32)(H,33,34). The van der Waals surface area contributed by atoms with Gasteiger partial charge in [-0.2, -0.15) is 0 Å². The highest BCUT2D eigenvalue weighted by atomic mass is 35.5. The van der Waals surface area contributed by atoms with Gasteiger partial charge in [0, 0.05) is 38.5 Å². The summed E-state index contributed by atoms with van der Waals surface area (Å²) in [5.74, 6) is -0.628. The first-order valence-corrected chi connectivity index (χ1v) is 11.7. The van der Waals surface area contributed by atoms with Gasteiger partial charge in [-0.05, 0) is 48.5 Å². The van der Waals surface area contributed by atoms with Crippen molar-refractivity contribution in [2.45, 2.75) is 13.2 Å². The molecule has 0 radical (unpaired) electrons. The molecule has 0 spiro atoms. The Morgan fingerprint density at radius 3 is 1.67 bits per heavy atom. The number of hydrogen-bond acceptors (Lipinski definition) is 4.